The lowest BCUT2D eigenvalue weighted by molar-refractivity contribution is 0.0878. The fourth-order valence-electron chi connectivity index (χ4n) is 3.42. The van der Waals surface area contributed by atoms with E-state index in [2.05, 4.69) is 36.0 Å². The number of carbonyl (C=O) groups excluding carboxylic acids is 1. The fourth-order valence-corrected chi connectivity index (χ4v) is 4.07. The number of aromatic nitrogens is 4. The van der Waals surface area contributed by atoms with Crippen molar-refractivity contribution in [1.29, 1.82) is 5.26 Å². The predicted molar refractivity (Wildman–Crippen MR) is 114 cm³/mol. The Morgan fingerprint density at radius 3 is 2.81 bits per heavy atom. The van der Waals surface area contributed by atoms with E-state index < -0.39 is 17.3 Å². The summed E-state index contributed by atoms with van der Waals surface area (Å²) in [7, 11) is 0. The van der Waals surface area contributed by atoms with E-state index in [0.717, 1.165) is 28.5 Å². The maximum atomic E-state index is 13.4. The van der Waals surface area contributed by atoms with Crippen LogP contribution in [0.4, 0.5) is 21.2 Å². The van der Waals surface area contributed by atoms with Crippen LogP contribution >= 0.6 is 11.5 Å². The number of aryl methyl sites for hydroxylation is 2. The molecule has 158 valence electrons. The van der Waals surface area contributed by atoms with Crippen molar-refractivity contribution in [3.8, 4) is 6.07 Å². The molecule has 0 aliphatic carbocycles. The van der Waals surface area contributed by atoms with Crippen molar-refractivity contribution in [2.24, 2.45) is 0 Å². The second-order valence-electron chi connectivity index (χ2n) is 7.48. The van der Waals surface area contributed by atoms with Gasteiger partial charge in [-0.3, -0.25) is 9.78 Å². The largest absolute Gasteiger partial charge is 0.351 e. The number of nitrogens with zero attached hydrogens (tertiary/aromatic N) is 6. The van der Waals surface area contributed by atoms with Crippen LogP contribution in [0.15, 0.2) is 30.7 Å². The minimum absolute atomic E-state index is 0.111. The summed E-state index contributed by atoms with van der Waals surface area (Å²) in [5.74, 6) is 0.0973. The van der Waals surface area contributed by atoms with Gasteiger partial charge in [-0.2, -0.15) is 14.6 Å². The van der Waals surface area contributed by atoms with Crippen LogP contribution in [0.2, 0.25) is 0 Å². The molecule has 0 radical (unpaired) electrons. The standard InChI is InChI=1S/C20H19FN8OS/c1-12-7-24-19(25-16-5-13(2)28-31-16)26-17(12)29-10-20(11-29,3-4-22)27-18(30)14-6-15(21)9-23-8-14/h5-9H,3,10-11H2,1-2H3,(H,27,30)(H,24,25,26). The summed E-state index contributed by atoms with van der Waals surface area (Å²) in [5, 5.41) is 16.1. The normalized spacial score (nSPS) is 14.5. The molecule has 3 aromatic rings. The topological polar surface area (TPSA) is 120 Å². The van der Waals surface area contributed by atoms with Crippen molar-refractivity contribution < 1.29 is 9.18 Å². The quantitative estimate of drug-likeness (QED) is 0.603. The Bertz CT molecular complexity index is 1170. The van der Waals surface area contributed by atoms with Crippen molar-refractivity contribution in [2.75, 3.05) is 23.3 Å². The summed E-state index contributed by atoms with van der Waals surface area (Å²) >= 11 is 1.32. The molecule has 1 saturated heterocycles. The van der Waals surface area contributed by atoms with Gasteiger partial charge in [0, 0.05) is 31.0 Å². The average Bonchev–Trinajstić information content (AvgIpc) is 3.12. The Morgan fingerprint density at radius 1 is 1.32 bits per heavy atom. The number of hydrogen-bond acceptors (Lipinski definition) is 9. The van der Waals surface area contributed by atoms with Gasteiger partial charge in [-0.05, 0) is 37.5 Å². The molecule has 1 fully saturated rings. The zero-order valence-electron chi connectivity index (χ0n) is 16.9. The van der Waals surface area contributed by atoms with Gasteiger partial charge in [-0.15, -0.1) is 0 Å². The molecule has 4 rings (SSSR count). The lowest BCUT2D eigenvalue weighted by Gasteiger charge is -2.50. The zero-order chi connectivity index (χ0) is 22.0. The Labute approximate surface area is 182 Å². The predicted octanol–water partition coefficient (Wildman–Crippen LogP) is 2.73. The molecular weight excluding hydrogens is 419 g/mol. The van der Waals surface area contributed by atoms with Gasteiger partial charge in [0.05, 0.1) is 35.5 Å². The van der Waals surface area contributed by atoms with Crippen molar-refractivity contribution in [2.45, 2.75) is 25.8 Å². The molecule has 9 nitrogen and oxygen atoms in total. The Kier molecular flexibility index (Phi) is 5.48. The highest BCUT2D eigenvalue weighted by Gasteiger charge is 2.45. The van der Waals surface area contributed by atoms with E-state index in [4.69, 9.17) is 0 Å². The molecule has 2 N–H and O–H groups in total. The summed E-state index contributed by atoms with van der Waals surface area (Å²) in [4.78, 5) is 27.2. The minimum atomic E-state index is -0.752. The van der Waals surface area contributed by atoms with E-state index in [0.29, 0.717) is 24.9 Å². The van der Waals surface area contributed by atoms with Crippen LogP contribution in [0.5, 0.6) is 0 Å². The number of halogens is 1. The van der Waals surface area contributed by atoms with Crippen LogP contribution in [-0.2, 0) is 0 Å². The van der Waals surface area contributed by atoms with E-state index in [9.17, 15) is 14.4 Å². The number of pyridine rings is 1. The third-order valence-electron chi connectivity index (χ3n) is 4.86. The number of nitriles is 1. The maximum absolute atomic E-state index is 13.4. The Morgan fingerprint density at radius 2 is 2.13 bits per heavy atom. The first-order valence-electron chi connectivity index (χ1n) is 9.46. The monoisotopic (exact) mass is 438 g/mol. The van der Waals surface area contributed by atoms with E-state index in [1.54, 1.807) is 6.20 Å². The summed E-state index contributed by atoms with van der Waals surface area (Å²) in [5.41, 5.74) is 1.14. The van der Waals surface area contributed by atoms with Crippen LogP contribution in [0.1, 0.15) is 28.0 Å². The summed E-state index contributed by atoms with van der Waals surface area (Å²) in [6.45, 7) is 4.60. The lowest BCUT2D eigenvalue weighted by Crippen LogP contribution is -2.70. The van der Waals surface area contributed by atoms with Crippen LogP contribution in [0.3, 0.4) is 0 Å². The van der Waals surface area contributed by atoms with Gasteiger partial charge in [0.2, 0.25) is 5.95 Å². The SMILES string of the molecule is Cc1cc(Nc2ncc(C)c(N3CC(CC#N)(NC(=O)c4cncc(F)c4)C3)n2)sn1. The van der Waals surface area contributed by atoms with Crippen LogP contribution < -0.4 is 15.5 Å². The van der Waals surface area contributed by atoms with Gasteiger partial charge in [-0.25, -0.2) is 9.37 Å². The molecule has 11 heteroatoms. The second-order valence-corrected chi connectivity index (χ2v) is 8.28. The Hall–Kier alpha value is -3.65. The molecule has 0 bridgehead atoms. The van der Waals surface area contributed by atoms with Crippen molar-refractivity contribution in [1.82, 2.24) is 24.6 Å². The minimum Gasteiger partial charge on any atom is -0.351 e. The smallest absolute Gasteiger partial charge is 0.253 e. The van der Waals surface area contributed by atoms with Gasteiger partial charge in [-0.1, -0.05) is 0 Å². The van der Waals surface area contributed by atoms with Crippen LogP contribution in [0, 0.1) is 31.0 Å². The first-order valence-corrected chi connectivity index (χ1v) is 10.2. The Balaban J connectivity index is 1.49. The first-order chi connectivity index (χ1) is 14.9. The lowest BCUT2D eigenvalue weighted by atomic mass is 9.86. The number of anilines is 3. The van der Waals surface area contributed by atoms with Crippen molar-refractivity contribution >= 4 is 34.2 Å². The molecule has 1 aliphatic heterocycles. The van der Waals surface area contributed by atoms with Crippen LogP contribution in [-0.4, -0.2) is 43.9 Å². The molecule has 0 saturated carbocycles. The molecule has 1 aliphatic rings. The molecule has 0 spiro atoms. The molecule has 0 unspecified atom stereocenters. The summed E-state index contributed by atoms with van der Waals surface area (Å²) in [6.07, 6.45) is 4.17. The van der Waals surface area contributed by atoms with Gasteiger partial charge in [0.1, 0.15) is 16.6 Å². The number of amides is 1. The first kappa shape index (κ1) is 20.6. The number of hydrogen-bond donors (Lipinski definition) is 2. The molecule has 0 atom stereocenters. The van der Waals surface area contributed by atoms with Crippen molar-refractivity contribution in [3.05, 3.63) is 53.4 Å². The van der Waals surface area contributed by atoms with Gasteiger partial charge >= 0.3 is 0 Å². The number of nitrogens with one attached hydrogen (secondary N) is 2. The van der Waals surface area contributed by atoms with E-state index in [1.807, 2.05) is 24.8 Å². The highest BCUT2D eigenvalue weighted by molar-refractivity contribution is 7.10. The molecule has 0 aromatic carbocycles. The third kappa shape index (κ3) is 4.44. The molecule has 31 heavy (non-hydrogen) atoms. The van der Waals surface area contributed by atoms with Gasteiger partial charge in [0.15, 0.2) is 0 Å². The highest BCUT2D eigenvalue weighted by atomic mass is 32.1. The van der Waals surface area contributed by atoms with E-state index in [1.165, 1.54) is 17.7 Å². The maximum Gasteiger partial charge on any atom is 0.253 e. The molecule has 4 heterocycles. The third-order valence-corrected chi connectivity index (χ3v) is 5.65. The average molecular weight is 438 g/mol. The number of rotatable bonds is 6. The highest BCUT2D eigenvalue weighted by Crippen LogP contribution is 2.32. The molecule has 3 aromatic heterocycles. The van der Waals surface area contributed by atoms with Gasteiger partial charge < -0.3 is 15.5 Å². The molecular formula is C20H19FN8OS. The van der Waals surface area contributed by atoms with E-state index >= 15 is 0 Å². The summed E-state index contributed by atoms with van der Waals surface area (Å²) in [6, 6.07) is 5.16. The zero-order valence-corrected chi connectivity index (χ0v) is 17.7. The van der Waals surface area contributed by atoms with Crippen molar-refractivity contribution in [3.63, 3.8) is 0 Å². The number of carbonyl (C=O) groups is 1. The summed E-state index contributed by atoms with van der Waals surface area (Å²) < 4.78 is 17.6. The van der Waals surface area contributed by atoms with Crippen LogP contribution in [0.25, 0.3) is 0 Å². The van der Waals surface area contributed by atoms with Gasteiger partial charge in [0.25, 0.3) is 5.91 Å². The fraction of sp³-hybridized carbons (Fsp3) is 0.300. The second kappa shape index (κ2) is 8.23. The van der Waals surface area contributed by atoms with E-state index in [-0.39, 0.29) is 12.0 Å². The molecule has 1 amide bonds.